The highest BCUT2D eigenvalue weighted by molar-refractivity contribution is 7.80. The fourth-order valence-corrected chi connectivity index (χ4v) is 1.68. The van der Waals surface area contributed by atoms with E-state index < -0.39 is 0 Å². The zero-order valence-electron chi connectivity index (χ0n) is 9.47. The summed E-state index contributed by atoms with van der Waals surface area (Å²) in [6.45, 7) is 2.05. The van der Waals surface area contributed by atoms with Crippen LogP contribution >= 0.6 is 12.2 Å². The van der Waals surface area contributed by atoms with Crippen molar-refractivity contribution in [2.45, 2.75) is 6.92 Å². The van der Waals surface area contributed by atoms with Gasteiger partial charge < -0.3 is 11.1 Å². The zero-order chi connectivity index (χ0) is 12.3. The van der Waals surface area contributed by atoms with E-state index in [9.17, 15) is 0 Å². The first-order chi connectivity index (χ1) is 8.16. The minimum absolute atomic E-state index is 0.363. The van der Waals surface area contributed by atoms with Crippen molar-refractivity contribution >= 4 is 28.6 Å². The number of aryl methyl sites for hydroxylation is 1. The first-order valence-electron chi connectivity index (χ1n) is 5.24. The summed E-state index contributed by atoms with van der Waals surface area (Å²) >= 11 is 5.00. The predicted octanol–water partition coefficient (Wildman–Crippen LogP) is 2.77. The van der Waals surface area contributed by atoms with Crippen molar-refractivity contribution in [2.75, 3.05) is 5.32 Å². The standard InChI is InChI=1S/C13H13N3S/c1-9-2-4-10(5-3-9)16-12-8-15-7-6-11(12)13(14)17/h2-8,16H,1H3,(H2,14,17). The average molecular weight is 243 g/mol. The van der Waals surface area contributed by atoms with Crippen LogP contribution in [0.2, 0.25) is 0 Å². The van der Waals surface area contributed by atoms with Gasteiger partial charge in [-0.2, -0.15) is 0 Å². The molecule has 4 heteroatoms. The molecule has 0 atom stereocenters. The smallest absolute Gasteiger partial charge is 0.106 e. The third kappa shape index (κ3) is 2.79. The van der Waals surface area contributed by atoms with Crippen molar-refractivity contribution < 1.29 is 0 Å². The maximum atomic E-state index is 5.66. The Labute approximate surface area is 106 Å². The van der Waals surface area contributed by atoms with Gasteiger partial charge in [0.2, 0.25) is 0 Å². The van der Waals surface area contributed by atoms with E-state index in [2.05, 4.69) is 10.3 Å². The molecular formula is C13H13N3S. The lowest BCUT2D eigenvalue weighted by Crippen LogP contribution is -2.12. The fraction of sp³-hybridized carbons (Fsp3) is 0.0769. The van der Waals surface area contributed by atoms with E-state index in [0.717, 1.165) is 16.9 Å². The molecule has 0 aliphatic rings. The van der Waals surface area contributed by atoms with Crippen LogP contribution in [0.4, 0.5) is 11.4 Å². The van der Waals surface area contributed by atoms with E-state index in [0.29, 0.717) is 4.99 Å². The largest absolute Gasteiger partial charge is 0.389 e. The van der Waals surface area contributed by atoms with Crippen LogP contribution in [-0.4, -0.2) is 9.97 Å². The molecular weight excluding hydrogens is 230 g/mol. The molecule has 0 amide bonds. The van der Waals surface area contributed by atoms with E-state index in [4.69, 9.17) is 18.0 Å². The highest BCUT2D eigenvalue weighted by atomic mass is 32.1. The highest BCUT2D eigenvalue weighted by Gasteiger charge is 2.04. The summed E-state index contributed by atoms with van der Waals surface area (Å²) in [6, 6.07) is 9.90. The van der Waals surface area contributed by atoms with Gasteiger partial charge >= 0.3 is 0 Å². The lowest BCUT2D eigenvalue weighted by molar-refractivity contribution is 1.31. The van der Waals surface area contributed by atoms with Crippen molar-refractivity contribution in [1.82, 2.24) is 4.98 Å². The molecule has 1 heterocycles. The second-order valence-corrected chi connectivity index (χ2v) is 4.22. The molecule has 3 N–H and O–H groups in total. The van der Waals surface area contributed by atoms with Gasteiger partial charge in [0.1, 0.15) is 4.99 Å². The van der Waals surface area contributed by atoms with Gasteiger partial charge in [-0.3, -0.25) is 4.98 Å². The van der Waals surface area contributed by atoms with Crippen LogP contribution in [0, 0.1) is 6.92 Å². The number of nitrogens with one attached hydrogen (secondary N) is 1. The maximum absolute atomic E-state index is 5.66. The van der Waals surface area contributed by atoms with E-state index in [1.165, 1.54) is 5.56 Å². The van der Waals surface area contributed by atoms with Crippen LogP contribution < -0.4 is 11.1 Å². The van der Waals surface area contributed by atoms with Crippen molar-refractivity contribution in [2.24, 2.45) is 5.73 Å². The molecule has 0 radical (unpaired) electrons. The average Bonchev–Trinajstić information content (AvgIpc) is 2.32. The lowest BCUT2D eigenvalue weighted by atomic mass is 10.2. The molecule has 2 rings (SSSR count). The number of benzene rings is 1. The number of thiocarbonyl (C=S) groups is 1. The molecule has 17 heavy (non-hydrogen) atoms. The normalized spacial score (nSPS) is 9.94. The molecule has 3 nitrogen and oxygen atoms in total. The lowest BCUT2D eigenvalue weighted by Gasteiger charge is -2.10. The number of hydrogen-bond donors (Lipinski definition) is 2. The molecule has 1 aromatic carbocycles. The number of anilines is 2. The third-order valence-electron chi connectivity index (χ3n) is 2.42. The van der Waals surface area contributed by atoms with E-state index in [1.54, 1.807) is 18.5 Å². The summed E-state index contributed by atoms with van der Waals surface area (Å²) in [5.41, 5.74) is 9.49. The first kappa shape index (κ1) is 11.5. The molecule has 0 bridgehead atoms. The van der Waals surface area contributed by atoms with Crippen molar-refractivity contribution in [1.29, 1.82) is 0 Å². The summed E-state index contributed by atoms with van der Waals surface area (Å²) in [6.07, 6.45) is 3.39. The van der Waals surface area contributed by atoms with Crippen LogP contribution in [-0.2, 0) is 0 Å². The first-order valence-corrected chi connectivity index (χ1v) is 5.65. The van der Waals surface area contributed by atoms with Crippen molar-refractivity contribution in [3.8, 4) is 0 Å². The molecule has 1 aromatic heterocycles. The van der Waals surface area contributed by atoms with E-state index in [1.807, 2.05) is 31.2 Å². The number of aromatic nitrogens is 1. The van der Waals surface area contributed by atoms with E-state index in [-0.39, 0.29) is 0 Å². The summed E-state index contributed by atoms with van der Waals surface area (Å²) < 4.78 is 0. The Hall–Kier alpha value is -1.94. The van der Waals surface area contributed by atoms with Gasteiger partial charge in [0, 0.05) is 17.4 Å². The fourth-order valence-electron chi connectivity index (χ4n) is 1.50. The molecule has 0 spiro atoms. The van der Waals surface area contributed by atoms with Gasteiger partial charge in [-0.15, -0.1) is 0 Å². The van der Waals surface area contributed by atoms with Crippen LogP contribution in [0.25, 0.3) is 0 Å². The minimum atomic E-state index is 0.363. The van der Waals surface area contributed by atoms with Crippen LogP contribution in [0.3, 0.4) is 0 Å². The van der Waals surface area contributed by atoms with Crippen LogP contribution in [0.5, 0.6) is 0 Å². The van der Waals surface area contributed by atoms with Gasteiger partial charge in [0.15, 0.2) is 0 Å². The summed E-state index contributed by atoms with van der Waals surface area (Å²) in [7, 11) is 0. The molecule has 2 aromatic rings. The second kappa shape index (κ2) is 4.93. The monoisotopic (exact) mass is 243 g/mol. The Morgan fingerprint density at radius 1 is 1.24 bits per heavy atom. The highest BCUT2D eigenvalue weighted by Crippen LogP contribution is 2.19. The SMILES string of the molecule is Cc1ccc(Nc2cnccc2C(N)=S)cc1. The molecule has 0 fully saturated rings. The van der Waals surface area contributed by atoms with Crippen LogP contribution in [0.15, 0.2) is 42.7 Å². The summed E-state index contributed by atoms with van der Waals surface area (Å²) in [5, 5.41) is 3.25. The molecule has 0 unspecified atom stereocenters. The minimum Gasteiger partial charge on any atom is -0.389 e. The summed E-state index contributed by atoms with van der Waals surface area (Å²) in [5.74, 6) is 0. The Bertz CT molecular complexity index is 535. The third-order valence-corrected chi connectivity index (χ3v) is 2.64. The number of pyridine rings is 1. The Balaban J connectivity index is 2.30. The molecule has 0 aliphatic heterocycles. The number of hydrogen-bond acceptors (Lipinski definition) is 3. The number of nitrogens with two attached hydrogens (primary N) is 1. The second-order valence-electron chi connectivity index (χ2n) is 3.78. The quantitative estimate of drug-likeness (QED) is 0.814. The molecule has 0 saturated carbocycles. The topological polar surface area (TPSA) is 50.9 Å². The van der Waals surface area contributed by atoms with Gasteiger partial charge in [0.05, 0.1) is 11.9 Å². The van der Waals surface area contributed by atoms with E-state index >= 15 is 0 Å². The zero-order valence-corrected chi connectivity index (χ0v) is 10.3. The number of nitrogens with zero attached hydrogens (tertiary/aromatic N) is 1. The van der Waals surface area contributed by atoms with Crippen LogP contribution in [0.1, 0.15) is 11.1 Å². The number of rotatable bonds is 3. The Kier molecular flexibility index (Phi) is 3.35. The van der Waals surface area contributed by atoms with Crippen molar-refractivity contribution in [3.63, 3.8) is 0 Å². The van der Waals surface area contributed by atoms with Gasteiger partial charge in [-0.1, -0.05) is 29.9 Å². The van der Waals surface area contributed by atoms with Gasteiger partial charge in [-0.25, -0.2) is 0 Å². The van der Waals surface area contributed by atoms with Crippen molar-refractivity contribution in [3.05, 3.63) is 53.9 Å². The molecule has 0 saturated heterocycles. The molecule has 86 valence electrons. The predicted molar refractivity (Wildman–Crippen MR) is 74.6 cm³/mol. The van der Waals surface area contributed by atoms with Gasteiger partial charge in [-0.05, 0) is 25.1 Å². The Morgan fingerprint density at radius 2 is 1.94 bits per heavy atom. The molecule has 0 aliphatic carbocycles. The summed E-state index contributed by atoms with van der Waals surface area (Å²) in [4.78, 5) is 4.43. The van der Waals surface area contributed by atoms with Gasteiger partial charge in [0.25, 0.3) is 0 Å². The Morgan fingerprint density at radius 3 is 2.59 bits per heavy atom. The maximum Gasteiger partial charge on any atom is 0.106 e.